The van der Waals surface area contributed by atoms with E-state index in [2.05, 4.69) is 16.0 Å². The first kappa shape index (κ1) is 16.1. The molecule has 2 aliphatic rings. The van der Waals surface area contributed by atoms with Crippen molar-refractivity contribution < 1.29 is 14.4 Å². The van der Waals surface area contributed by atoms with Crippen LogP contribution in [0.1, 0.15) is 19.3 Å². The van der Waals surface area contributed by atoms with E-state index >= 15 is 0 Å². The average molecular weight is 314 g/mol. The van der Waals surface area contributed by atoms with Gasteiger partial charge in [0.05, 0.1) is 6.04 Å². The minimum absolute atomic E-state index is 0.0723. The minimum atomic E-state index is -0.790. The Morgan fingerprint density at radius 3 is 2.81 bits per heavy atom. The van der Waals surface area contributed by atoms with E-state index in [-0.39, 0.29) is 30.2 Å². The second-order valence-corrected chi connectivity index (χ2v) is 6.67. The number of nitrogens with two attached hydrogens (primary N) is 1. The predicted octanol–water partition coefficient (Wildman–Crippen LogP) is -1.42. The first-order chi connectivity index (χ1) is 10.0. The summed E-state index contributed by atoms with van der Waals surface area (Å²) < 4.78 is 0. The van der Waals surface area contributed by atoms with E-state index in [1.807, 2.05) is 6.26 Å². The number of primary amides is 1. The molecule has 5 N–H and O–H groups in total. The largest absolute Gasteiger partial charge is 0.368 e. The fourth-order valence-electron chi connectivity index (χ4n) is 2.76. The highest BCUT2D eigenvalue weighted by Crippen LogP contribution is 2.19. The van der Waals surface area contributed by atoms with E-state index in [0.717, 1.165) is 13.0 Å². The van der Waals surface area contributed by atoms with E-state index in [4.69, 9.17) is 5.73 Å². The molecular formula is C13H22N4O3S. The van der Waals surface area contributed by atoms with Crippen molar-refractivity contribution in [2.45, 2.75) is 36.6 Å². The highest BCUT2D eigenvalue weighted by Gasteiger charge is 2.34. The van der Waals surface area contributed by atoms with Gasteiger partial charge in [-0.25, -0.2) is 0 Å². The molecule has 0 unspecified atom stereocenters. The summed E-state index contributed by atoms with van der Waals surface area (Å²) in [6.45, 7) is 1.40. The number of carbonyl (C=O) groups is 3. The summed E-state index contributed by atoms with van der Waals surface area (Å²) in [5.74, 6) is -1.13. The molecule has 4 atom stereocenters. The van der Waals surface area contributed by atoms with Gasteiger partial charge < -0.3 is 21.7 Å². The molecule has 0 radical (unpaired) electrons. The molecule has 0 aromatic carbocycles. The van der Waals surface area contributed by atoms with Gasteiger partial charge in [-0.2, -0.15) is 11.8 Å². The lowest BCUT2D eigenvalue weighted by molar-refractivity contribution is -0.129. The topological polar surface area (TPSA) is 113 Å². The predicted molar refractivity (Wildman–Crippen MR) is 80.6 cm³/mol. The lowest BCUT2D eigenvalue weighted by Crippen LogP contribution is -2.51. The van der Waals surface area contributed by atoms with Crippen molar-refractivity contribution in [3.63, 3.8) is 0 Å². The molecule has 0 aromatic heterocycles. The third-order valence-electron chi connectivity index (χ3n) is 4.08. The lowest BCUT2D eigenvalue weighted by atomic mass is 9.97. The second kappa shape index (κ2) is 7.13. The average Bonchev–Trinajstić information content (AvgIpc) is 3.07. The van der Waals surface area contributed by atoms with Crippen LogP contribution in [-0.2, 0) is 14.4 Å². The Morgan fingerprint density at radius 2 is 2.29 bits per heavy atom. The van der Waals surface area contributed by atoms with Gasteiger partial charge in [0.25, 0.3) is 0 Å². The van der Waals surface area contributed by atoms with Crippen LogP contribution >= 0.6 is 11.8 Å². The van der Waals surface area contributed by atoms with Gasteiger partial charge in [-0.05, 0) is 25.5 Å². The van der Waals surface area contributed by atoms with Crippen molar-refractivity contribution in [3.8, 4) is 0 Å². The molecule has 0 bridgehead atoms. The summed E-state index contributed by atoms with van der Waals surface area (Å²) in [6.07, 6.45) is 3.69. The van der Waals surface area contributed by atoms with Crippen LogP contribution in [0.2, 0.25) is 0 Å². The van der Waals surface area contributed by atoms with Crippen LogP contribution < -0.4 is 21.7 Å². The molecular weight excluding hydrogens is 292 g/mol. The van der Waals surface area contributed by atoms with Crippen LogP contribution in [0.15, 0.2) is 0 Å². The smallest absolute Gasteiger partial charge is 0.240 e. The SMILES string of the molecule is CS[C@H]1CN[C@H](C(=O)N[C@@H](C[C@@H]2CCNC2=O)C(N)=O)C1. The van der Waals surface area contributed by atoms with Crippen LogP contribution in [0.5, 0.6) is 0 Å². The van der Waals surface area contributed by atoms with Crippen LogP contribution in [0.4, 0.5) is 0 Å². The second-order valence-electron chi connectivity index (χ2n) is 5.53. The molecule has 21 heavy (non-hydrogen) atoms. The molecule has 2 aliphatic heterocycles. The summed E-state index contributed by atoms with van der Waals surface area (Å²) in [7, 11) is 0. The molecule has 3 amide bonds. The van der Waals surface area contributed by atoms with Gasteiger partial charge in [0, 0.05) is 24.3 Å². The van der Waals surface area contributed by atoms with E-state index in [9.17, 15) is 14.4 Å². The maximum Gasteiger partial charge on any atom is 0.240 e. The third kappa shape index (κ3) is 4.10. The van der Waals surface area contributed by atoms with E-state index in [1.54, 1.807) is 11.8 Å². The molecule has 0 spiro atoms. The fraction of sp³-hybridized carbons (Fsp3) is 0.769. The van der Waals surface area contributed by atoms with Crippen molar-refractivity contribution in [1.82, 2.24) is 16.0 Å². The number of hydrogen-bond acceptors (Lipinski definition) is 5. The maximum atomic E-state index is 12.2. The summed E-state index contributed by atoms with van der Waals surface area (Å²) in [5.41, 5.74) is 5.35. The van der Waals surface area contributed by atoms with Crippen LogP contribution in [0.25, 0.3) is 0 Å². The van der Waals surface area contributed by atoms with Gasteiger partial charge in [-0.15, -0.1) is 0 Å². The normalized spacial score (nSPS) is 30.0. The van der Waals surface area contributed by atoms with Gasteiger partial charge in [0.1, 0.15) is 6.04 Å². The first-order valence-corrected chi connectivity index (χ1v) is 8.43. The van der Waals surface area contributed by atoms with Crippen molar-refractivity contribution in [2.24, 2.45) is 11.7 Å². The zero-order valence-corrected chi connectivity index (χ0v) is 12.9. The number of rotatable bonds is 6. The summed E-state index contributed by atoms with van der Waals surface area (Å²) >= 11 is 1.72. The summed E-state index contributed by atoms with van der Waals surface area (Å²) in [5, 5.41) is 8.95. The Bertz CT molecular complexity index is 432. The van der Waals surface area contributed by atoms with Crippen molar-refractivity contribution in [3.05, 3.63) is 0 Å². The number of amides is 3. The zero-order valence-electron chi connectivity index (χ0n) is 12.1. The number of hydrogen-bond donors (Lipinski definition) is 4. The first-order valence-electron chi connectivity index (χ1n) is 7.14. The third-order valence-corrected chi connectivity index (χ3v) is 5.11. The lowest BCUT2D eigenvalue weighted by Gasteiger charge is -2.20. The van der Waals surface area contributed by atoms with E-state index in [1.165, 1.54) is 0 Å². The van der Waals surface area contributed by atoms with E-state index in [0.29, 0.717) is 18.2 Å². The molecule has 0 saturated carbocycles. The van der Waals surface area contributed by atoms with Gasteiger partial charge >= 0.3 is 0 Å². The molecule has 2 fully saturated rings. The van der Waals surface area contributed by atoms with Crippen molar-refractivity contribution in [2.75, 3.05) is 19.3 Å². The van der Waals surface area contributed by atoms with Crippen molar-refractivity contribution >= 4 is 29.5 Å². The Morgan fingerprint density at radius 1 is 1.52 bits per heavy atom. The molecule has 2 saturated heterocycles. The zero-order chi connectivity index (χ0) is 15.4. The van der Waals surface area contributed by atoms with Gasteiger partial charge in [0.15, 0.2) is 0 Å². The molecule has 118 valence electrons. The molecule has 0 aromatic rings. The number of nitrogens with one attached hydrogen (secondary N) is 3. The molecule has 7 nitrogen and oxygen atoms in total. The highest BCUT2D eigenvalue weighted by atomic mass is 32.2. The standard InChI is InChI=1S/C13H22N4O3S/c1-21-8-5-10(16-6-8)13(20)17-9(11(14)18)4-7-2-3-15-12(7)19/h7-10,16H,2-6H2,1H3,(H2,14,18)(H,15,19)(H,17,20)/t7-,8+,9-,10-/m0/s1. The maximum absolute atomic E-state index is 12.2. The highest BCUT2D eigenvalue weighted by molar-refractivity contribution is 7.99. The van der Waals surface area contributed by atoms with Gasteiger partial charge in [-0.3, -0.25) is 14.4 Å². The van der Waals surface area contributed by atoms with Gasteiger partial charge in [0.2, 0.25) is 17.7 Å². The van der Waals surface area contributed by atoms with Crippen LogP contribution in [-0.4, -0.2) is 54.4 Å². The number of thioether (sulfide) groups is 1. The Kier molecular flexibility index (Phi) is 5.46. The monoisotopic (exact) mass is 314 g/mol. The summed E-state index contributed by atoms with van der Waals surface area (Å²) in [6, 6.07) is -1.08. The summed E-state index contributed by atoms with van der Waals surface area (Å²) in [4.78, 5) is 35.3. The Hall–Kier alpha value is -1.28. The van der Waals surface area contributed by atoms with Crippen molar-refractivity contribution in [1.29, 1.82) is 0 Å². The molecule has 8 heteroatoms. The van der Waals surface area contributed by atoms with Crippen LogP contribution in [0.3, 0.4) is 0 Å². The Balaban J connectivity index is 1.89. The van der Waals surface area contributed by atoms with Gasteiger partial charge in [-0.1, -0.05) is 0 Å². The molecule has 0 aliphatic carbocycles. The number of carbonyl (C=O) groups excluding carboxylic acids is 3. The van der Waals surface area contributed by atoms with Crippen LogP contribution in [0, 0.1) is 5.92 Å². The molecule has 2 rings (SSSR count). The quantitative estimate of drug-likeness (QED) is 0.480. The minimum Gasteiger partial charge on any atom is -0.368 e. The Labute approximate surface area is 128 Å². The molecule has 2 heterocycles. The van der Waals surface area contributed by atoms with E-state index < -0.39 is 11.9 Å². The fourth-order valence-corrected chi connectivity index (χ4v) is 3.40.